The number of benzene rings is 1. The van der Waals surface area contributed by atoms with E-state index in [0.717, 1.165) is 6.08 Å². The minimum atomic E-state index is -0.405. The second kappa shape index (κ2) is 4.55. The fourth-order valence-corrected chi connectivity index (χ4v) is 1.42. The van der Waals surface area contributed by atoms with Crippen LogP contribution in [0.15, 0.2) is 18.7 Å². The first-order chi connectivity index (χ1) is 6.97. The summed E-state index contributed by atoms with van der Waals surface area (Å²) in [7, 11) is 0. The van der Waals surface area contributed by atoms with Crippen LogP contribution in [0.25, 0.3) is 0 Å². The van der Waals surface area contributed by atoms with Gasteiger partial charge < -0.3 is 10.4 Å². The summed E-state index contributed by atoms with van der Waals surface area (Å²) in [5, 5.41) is 12.4. The van der Waals surface area contributed by atoms with E-state index in [4.69, 9.17) is 23.2 Å². The van der Waals surface area contributed by atoms with E-state index in [1.807, 2.05) is 0 Å². The summed E-state index contributed by atoms with van der Waals surface area (Å²) in [5.41, 5.74) is 0.818. The van der Waals surface area contributed by atoms with Crippen molar-refractivity contribution in [2.75, 3.05) is 5.32 Å². The molecule has 15 heavy (non-hydrogen) atoms. The SMILES string of the molecule is C=CC(=O)Nc1cc(O)c(Cl)c(C)c1Cl. The van der Waals surface area contributed by atoms with Crippen LogP contribution in [0.3, 0.4) is 0 Å². The molecular formula is C10H9Cl2NO2. The topological polar surface area (TPSA) is 49.3 Å². The average molecular weight is 246 g/mol. The van der Waals surface area contributed by atoms with E-state index >= 15 is 0 Å². The maximum absolute atomic E-state index is 11.0. The lowest BCUT2D eigenvalue weighted by molar-refractivity contribution is -0.111. The summed E-state index contributed by atoms with van der Waals surface area (Å²) >= 11 is 11.7. The molecule has 0 fully saturated rings. The molecule has 1 rings (SSSR count). The molecule has 80 valence electrons. The first-order valence-corrected chi connectivity index (χ1v) is 4.84. The van der Waals surface area contributed by atoms with Gasteiger partial charge in [0.25, 0.3) is 0 Å². The summed E-state index contributed by atoms with van der Waals surface area (Å²) in [5.74, 6) is -0.532. The van der Waals surface area contributed by atoms with Gasteiger partial charge in [-0.15, -0.1) is 0 Å². The van der Waals surface area contributed by atoms with E-state index in [-0.39, 0.29) is 10.8 Å². The van der Waals surface area contributed by atoms with E-state index in [1.54, 1.807) is 6.92 Å². The van der Waals surface area contributed by atoms with Crippen LogP contribution in [0.4, 0.5) is 5.69 Å². The lowest BCUT2D eigenvalue weighted by atomic mass is 10.2. The van der Waals surface area contributed by atoms with E-state index in [9.17, 15) is 9.90 Å². The maximum atomic E-state index is 11.0. The van der Waals surface area contributed by atoms with Gasteiger partial charge in [-0.2, -0.15) is 0 Å². The molecule has 1 aromatic rings. The zero-order chi connectivity index (χ0) is 11.6. The van der Waals surface area contributed by atoms with Gasteiger partial charge in [-0.25, -0.2) is 0 Å². The van der Waals surface area contributed by atoms with E-state index < -0.39 is 5.91 Å². The van der Waals surface area contributed by atoms with Crippen molar-refractivity contribution >= 4 is 34.8 Å². The van der Waals surface area contributed by atoms with E-state index in [1.165, 1.54) is 6.07 Å². The third-order valence-electron chi connectivity index (χ3n) is 1.84. The first-order valence-electron chi connectivity index (χ1n) is 4.08. The van der Waals surface area contributed by atoms with Gasteiger partial charge in [-0.05, 0) is 18.6 Å². The maximum Gasteiger partial charge on any atom is 0.247 e. The average Bonchev–Trinajstić information content (AvgIpc) is 2.22. The number of hydrogen-bond donors (Lipinski definition) is 2. The number of carbonyl (C=O) groups excluding carboxylic acids is 1. The molecule has 3 nitrogen and oxygen atoms in total. The molecule has 0 saturated heterocycles. The quantitative estimate of drug-likeness (QED) is 0.787. The van der Waals surface area contributed by atoms with Crippen LogP contribution < -0.4 is 5.32 Å². The summed E-state index contributed by atoms with van der Waals surface area (Å²) in [6.07, 6.45) is 1.11. The Balaban J connectivity index is 3.20. The number of nitrogens with one attached hydrogen (secondary N) is 1. The fraction of sp³-hybridized carbons (Fsp3) is 0.100. The van der Waals surface area contributed by atoms with Crippen molar-refractivity contribution in [3.05, 3.63) is 34.3 Å². The number of anilines is 1. The number of amides is 1. The van der Waals surface area contributed by atoms with Crippen molar-refractivity contribution in [1.82, 2.24) is 0 Å². The Morgan fingerprint density at radius 1 is 1.53 bits per heavy atom. The van der Waals surface area contributed by atoms with Gasteiger partial charge in [0, 0.05) is 6.07 Å². The van der Waals surface area contributed by atoms with Crippen LogP contribution in [-0.4, -0.2) is 11.0 Å². The van der Waals surface area contributed by atoms with E-state index in [0.29, 0.717) is 16.3 Å². The zero-order valence-electron chi connectivity index (χ0n) is 7.97. The van der Waals surface area contributed by atoms with Gasteiger partial charge in [-0.1, -0.05) is 29.8 Å². The monoisotopic (exact) mass is 245 g/mol. The van der Waals surface area contributed by atoms with Crippen LogP contribution in [0.5, 0.6) is 5.75 Å². The van der Waals surface area contributed by atoms with Crippen LogP contribution in [0.1, 0.15) is 5.56 Å². The van der Waals surface area contributed by atoms with Crippen LogP contribution in [0.2, 0.25) is 10.0 Å². The third-order valence-corrected chi connectivity index (χ3v) is 2.81. The van der Waals surface area contributed by atoms with Crippen LogP contribution in [-0.2, 0) is 4.79 Å². The lowest BCUT2D eigenvalue weighted by Crippen LogP contribution is -2.08. The summed E-state index contributed by atoms with van der Waals surface area (Å²) in [4.78, 5) is 11.0. The molecule has 5 heteroatoms. The molecule has 0 radical (unpaired) electrons. The Morgan fingerprint density at radius 3 is 2.67 bits per heavy atom. The van der Waals surface area contributed by atoms with Gasteiger partial charge >= 0.3 is 0 Å². The van der Waals surface area contributed by atoms with Gasteiger partial charge in [0.1, 0.15) is 5.75 Å². The second-order valence-electron chi connectivity index (χ2n) is 2.89. The summed E-state index contributed by atoms with van der Waals surface area (Å²) in [6, 6.07) is 1.29. The number of halogens is 2. The van der Waals surface area contributed by atoms with Crippen LogP contribution >= 0.6 is 23.2 Å². The van der Waals surface area contributed by atoms with Crippen molar-refractivity contribution in [3.63, 3.8) is 0 Å². The number of rotatable bonds is 2. The molecule has 0 saturated carbocycles. The minimum Gasteiger partial charge on any atom is -0.506 e. The normalized spacial score (nSPS) is 9.80. The highest BCUT2D eigenvalue weighted by atomic mass is 35.5. The molecule has 2 N–H and O–H groups in total. The molecule has 0 unspecified atom stereocenters. The molecule has 0 heterocycles. The third kappa shape index (κ3) is 2.43. The molecule has 0 atom stereocenters. The summed E-state index contributed by atoms with van der Waals surface area (Å²) < 4.78 is 0. The Hall–Kier alpha value is -1.19. The van der Waals surface area contributed by atoms with Crippen molar-refractivity contribution in [2.45, 2.75) is 6.92 Å². The van der Waals surface area contributed by atoms with Crippen molar-refractivity contribution in [1.29, 1.82) is 0 Å². The van der Waals surface area contributed by atoms with Gasteiger partial charge in [0.15, 0.2) is 0 Å². The van der Waals surface area contributed by atoms with Gasteiger partial charge in [0.05, 0.1) is 15.7 Å². The smallest absolute Gasteiger partial charge is 0.247 e. The Labute approximate surface area is 97.3 Å². The largest absolute Gasteiger partial charge is 0.506 e. The van der Waals surface area contributed by atoms with Gasteiger partial charge in [0.2, 0.25) is 5.91 Å². The molecule has 1 aromatic carbocycles. The Bertz CT molecular complexity index is 430. The lowest BCUT2D eigenvalue weighted by Gasteiger charge is -2.10. The predicted octanol–water partition coefficient (Wildman–Crippen LogP) is 3.13. The van der Waals surface area contributed by atoms with Crippen molar-refractivity contribution in [2.24, 2.45) is 0 Å². The first kappa shape index (κ1) is 11.9. The Kier molecular flexibility index (Phi) is 3.61. The zero-order valence-corrected chi connectivity index (χ0v) is 9.49. The van der Waals surface area contributed by atoms with E-state index in [2.05, 4.69) is 11.9 Å². The predicted molar refractivity (Wildman–Crippen MR) is 61.7 cm³/mol. The standard InChI is InChI=1S/C10H9Cl2NO2/c1-3-8(15)13-6-4-7(14)10(12)5(2)9(6)11/h3-4,14H,1H2,2H3,(H,13,15). The highest BCUT2D eigenvalue weighted by Crippen LogP contribution is 2.37. The van der Waals surface area contributed by atoms with Crippen molar-refractivity contribution in [3.8, 4) is 5.75 Å². The highest BCUT2D eigenvalue weighted by molar-refractivity contribution is 6.38. The number of phenolic OH excluding ortho intramolecular Hbond substituents is 1. The number of carbonyl (C=O) groups is 1. The van der Waals surface area contributed by atoms with Crippen molar-refractivity contribution < 1.29 is 9.90 Å². The highest BCUT2D eigenvalue weighted by Gasteiger charge is 2.12. The van der Waals surface area contributed by atoms with Gasteiger partial charge in [-0.3, -0.25) is 4.79 Å². The molecule has 1 amide bonds. The molecule has 0 aliphatic carbocycles. The molecular weight excluding hydrogens is 237 g/mol. The molecule has 0 bridgehead atoms. The molecule has 0 aromatic heterocycles. The summed E-state index contributed by atoms with van der Waals surface area (Å²) in [6.45, 7) is 4.95. The minimum absolute atomic E-state index is 0.127. The molecule has 0 aliphatic rings. The molecule has 0 spiro atoms. The molecule has 0 aliphatic heterocycles. The second-order valence-corrected chi connectivity index (χ2v) is 3.65. The number of hydrogen-bond acceptors (Lipinski definition) is 2. The number of phenols is 1. The fourth-order valence-electron chi connectivity index (χ4n) is 1.03. The number of aromatic hydroxyl groups is 1. The Morgan fingerprint density at radius 2 is 2.13 bits per heavy atom. The van der Waals surface area contributed by atoms with Crippen LogP contribution in [0, 0.1) is 6.92 Å².